The Morgan fingerprint density at radius 1 is 1.26 bits per heavy atom. The van der Waals surface area contributed by atoms with E-state index in [1.807, 2.05) is 0 Å². The number of hydrogen-bond donors (Lipinski definition) is 3. The number of nitrogens with zero attached hydrogens (tertiary/aromatic N) is 1. The van der Waals surface area contributed by atoms with E-state index in [4.69, 9.17) is 4.74 Å². The highest BCUT2D eigenvalue weighted by Gasteiger charge is 2.23. The van der Waals surface area contributed by atoms with E-state index >= 15 is 0 Å². The van der Waals surface area contributed by atoms with E-state index in [1.165, 1.54) is 16.2 Å². The second-order valence-electron chi connectivity index (χ2n) is 6.45. The SMILES string of the molecule is O=C1COc2cc(NC(=O)c3nc4sc5c(c4c(=O)[nH]3)CCC5)ccc2N1. The van der Waals surface area contributed by atoms with Crippen molar-refractivity contribution in [3.05, 3.63) is 44.8 Å². The van der Waals surface area contributed by atoms with E-state index in [2.05, 4.69) is 20.6 Å². The highest BCUT2D eigenvalue weighted by molar-refractivity contribution is 7.18. The molecule has 0 atom stereocenters. The number of nitrogens with one attached hydrogen (secondary N) is 3. The highest BCUT2D eigenvalue weighted by Crippen LogP contribution is 2.34. The topological polar surface area (TPSA) is 113 Å². The molecule has 0 bridgehead atoms. The molecule has 1 aliphatic carbocycles. The molecule has 27 heavy (non-hydrogen) atoms. The van der Waals surface area contributed by atoms with E-state index < -0.39 is 5.91 Å². The van der Waals surface area contributed by atoms with Crippen LogP contribution in [0.4, 0.5) is 11.4 Å². The summed E-state index contributed by atoms with van der Waals surface area (Å²) in [6.07, 6.45) is 2.90. The molecule has 2 aromatic heterocycles. The Labute approximate surface area is 156 Å². The lowest BCUT2D eigenvalue weighted by molar-refractivity contribution is -0.118. The number of carbonyl (C=O) groups excluding carboxylic acids is 2. The first-order valence-corrected chi connectivity index (χ1v) is 9.33. The van der Waals surface area contributed by atoms with Gasteiger partial charge in [0.25, 0.3) is 17.4 Å². The number of thiophene rings is 1. The number of benzene rings is 1. The number of aryl methyl sites for hydroxylation is 2. The van der Waals surface area contributed by atoms with Crippen LogP contribution >= 0.6 is 11.3 Å². The minimum atomic E-state index is -0.512. The van der Waals surface area contributed by atoms with E-state index in [-0.39, 0.29) is 23.9 Å². The van der Waals surface area contributed by atoms with Crippen LogP contribution in [0, 0.1) is 0 Å². The fourth-order valence-corrected chi connectivity index (χ4v) is 4.71. The zero-order valence-electron chi connectivity index (χ0n) is 14.0. The largest absolute Gasteiger partial charge is 0.482 e. The Balaban J connectivity index is 1.45. The van der Waals surface area contributed by atoms with Gasteiger partial charge in [0, 0.05) is 16.6 Å². The van der Waals surface area contributed by atoms with Crippen LogP contribution in [0.15, 0.2) is 23.0 Å². The van der Waals surface area contributed by atoms with Gasteiger partial charge < -0.3 is 20.4 Å². The fourth-order valence-electron chi connectivity index (χ4n) is 3.45. The predicted molar refractivity (Wildman–Crippen MR) is 101 cm³/mol. The van der Waals surface area contributed by atoms with Crippen molar-refractivity contribution in [1.82, 2.24) is 9.97 Å². The zero-order valence-corrected chi connectivity index (χ0v) is 14.9. The summed E-state index contributed by atoms with van der Waals surface area (Å²) in [6, 6.07) is 4.90. The summed E-state index contributed by atoms with van der Waals surface area (Å²) >= 11 is 1.49. The number of aromatic amines is 1. The van der Waals surface area contributed by atoms with E-state index in [0.717, 1.165) is 24.8 Å². The minimum Gasteiger partial charge on any atom is -0.482 e. The molecule has 0 radical (unpaired) electrons. The van der Waals surface area contributed by atoms with Crippen LogP contribution in [0.5, 0.6) is 5.75 Å². The summed E-state index contributed by atoms with van der Waals surface area (Å²) in [4.78, 5) is 45.1. The van der Waals surface area contributed by atoms with Crippen LogP contribution in [0.3, 0.4) is 0 Å². The van der Waals surface area contributed by atoms with Crippen molar-refractivity contribution < 1.29 is 14.3 Å². The van der Waals surface area contributed by atoms with Crippen molar-refractivity contribution in [3.8, 4) is 5.75 Å². The molecule has 2 aliphatic rings. The molecule has 3 aromatic rings. The van der Waals surface area contributed by atoms with Crippen molar-refractivity contribution in [3.63, 3.8) is 0 Å². The molecular formula is C18H14N4O4S. The standard InChI is InChI=1S/C18H14N4O4S/c23-13-7-26-11-6-8(4-5-10(11)20-13)19-17(25)15-21-16(24)14-9-2-1-3-12(9)27-18(14)22-15/h4-6H,1-3,7H2,(H,19,25)(H,20,23)(H,21,22,24). The first-order valence-electron chi connectivity index (χ1n) is 8.51. The maximum atomic E-state index is 12.6. The Morgan fingerprint density at radius 2 is 2.15 bits per heavy atom. The maximum Gasteiger partial charge on any atom is 0.291 e. The molecule has 9 heteroatoms. The molecule has 2 amide bonds. The third-order valence-electron chi connectivity index (χ3n) is 4.66. The van der Waals surface area contributed by atoms with Crippen LogP contribution in [-0.4, -0.2) is 28.4 Å². The van der Waals surface area contributed by atoms with Crippen molar-refractivity contribution in [2.24, 2.45) is 0 Å². The molecule has 3 heterocycles. The molecular weight excluding hydrogens is 368 g/mol. The van der Waals surface area contributed by atoms with Gasteiger partial charge in [-0.3, -0.25) is 14.4 Å². The van der Waals surface area contributed by atoms with Gasteiger partial charge in [0.15, 0.2) is 6.61 Å². The summed E-state index contributed by atoms with van der Waals surface area (Å²) in [6.45, 7) is -0.0704. The molecule has 0 saturated heterocycles. The molecule has 136 valence electrons. The molecule has 0 fully saturated rings. The van der Waals surface area contributed by atoms with Crippen LogP contribution in [-0.2, 0) is 17.6 Å². The van der Waals surface area contributed by atoms with Crippen molar-refractivity contribution >= 4 is 44.7 Å². The third-order valence-corrected chi connectivity index (χ3v) is 5.85. The number of hydrogen-bond acceptors (Lipinski definition) is 6. The second-order valence-corrected chi connectivity index (χ2v) is 7.54. The van der Waals surface area contributed by atoms with Crippen molar-refractivity contribution in [2.45, 2.75) is 19.3 Å². The number of carbonyl (C=O) groups is 2. The van der Waals surface area contributed by atoms with Gasteiger partial charge in [0.1, 0.15) is 10.6 Å². The number of ether oxygens (including phenoxy) is 1. The van der Waals surface area contributed by atoms with Gasteiger partial charge in [-0.05, 0) is 37.0 Å². The van der Waals surface area contributed by atoms with Crippen LogP contribution in [0.25, 0.3) is 10.2 Å². The molecule has 3 N–H and O–H groups in total. The minimum absolute atomic E-state index is 0.0284. The summed E-state index contributed by atoms with van der Waals surface area (Å²) < 4.78 is 5.34. The summed E-state index contributed by atoms with van der Waals surface area (Å²) in [7, 11) is 0. The molecule has 8 nitrogen and oxygen atoms in total. The van der Waals surface area contributed by atoms with Crippen LogP contribution < -0.4 is 20.9 Å². The average Bonchev–Trinajstić information content (AvgIpc) is 3.22. The summed E-state index contributed by atoms with van der Waals surface area (Å²) in [5.41, 5.74) is 1.82. The van der Waals surface area contributed by atoms with E-state index in [9.17, 15) is 14.4 Å². The monoisotopic (exact) mass is 382 g/mol. The molecule has 0 saturated carbocycles. The Morgan fingerprint density at radius 3 is 3.04 bits per heavy atom. The van der Waals surface area contributed by atoms with Gasteiger partial charge in [-0.1, -0.05) is 0 Å². The smallest absolute Gasteiger partial charge is 0.291 e. The summed E-state index contributed by atoms with van der Waals surface area (Å²) in [5.74, 6) is -0.294. The first kappa shape index (κ1) is 16.0. The molecule has 0 spiro atoms. The molecule has 5 rings (SSSR count). The number of anilines is 2. The lowest BCUT2D eigenvalue weighted by Crippen LogP contribution is -2.25. The van der Waals surface area contributed by atoms with Gasteiger partial charge in [-0.15, -0.1) is 11.3 Å². The number of aromatic nitrogens is 2. The highest BCUT2D eigenvalue weighted by atomic mass is 32.1. The second kappa shape index (κ2) is 5.92. The van der Waals surface area contributed by atoms with E-state index in [1.54, 1.807) is 18.2 Å². The quantitative estimate of drug-likeness (QED) is 0.628. The number of H-pyrrole nitrogens is 1. The average molecular weight is 382 g/mol. The summed E-state index contributed by atoms with van der Waals surface area (Å²) in [5, 5.41) is 6.00. The lowest BCUT2D eigenvalue weighted by Gasteiger charge is -2.18. The van der Waals surface area contributed by atoms with Gasteiger partial charge >= 0.3 is 0 Å². The number of amides is 2. The van der Waals surface area contributed by atoms with E-state index in [0.29, 0.717) is 27.3 Å². The molecule has 0 unspecified atom stereocenters. The van der Waals surface area contributed by atoms with Crippen molar-refractivity contribution in [2.75, 3.05) is 17.2 Å². The van der Waals surface area contributed by atoms with Crippen LogP contribution in [0.1, 0.15) is 27.5 Å². The fraction of sp³-hybridized carbons (Fsp3) is 0.222. The van der Waals surface area contributed by atoms with Gasteiger partial charge in [-0.2, -0.15) is 0 Å². The number of fused-ring (bicyclic) bond motifs is 4. The normalized spacial score (nSPS) is 15.0. The predicted octanol–water partition coefficient (Wildman–Crippen LogP) is 2.06. The molecule has 1 aliphatic heterocycles. The maximum absolute atomic E-state index is 12.6. The Hall–Kier alpha value is -3.20. The lowest BCUT2D eigenvalue weighted by atomic mass is 10.2. The van der Waals surface area contributed by atoms with Gasteiger partial charge in [0.2, 0.25) is 5.82 Å². The zero-order chi connectivity index (χ0) is 18.5. The Bertz CT molecular complexity index is 1180. The van der Waals surface area contributed by atoms with Gasteiger partial charge in [-0.25, -0.2) is 4.98 Å². The third kappa shape index (κ3) is 2.67. The van der Waals surface area contributed by atoms with Crippen LogP contribution in [0.2, 0.25) is 0 Å². The number of rotatable bonds is 2. The Kier molecular flexibility index (Phi) is 3.51. The molecule has 1 aromatic carbocycles. The van der Waals surface area contributed by atoms with Gasteiger partial charge in [0.05, 0.1) is 11.1 Å². The van der Waals surface area contributed by atoms with Crippen molar-refractivity contribution in [1.29, 1.82) is 0 Å². The first-order chi connectivity index (χ1) is 13.1.